The third kappa shape index (κ3) is 2.98. The first-order chi connectivity index (χ1) is 10.7. The van der Waals surface area contributed by atoms with Gasteiger partial charge in [-0.3, -0.25) is 4.79 Å². The Bertz CT molecular complexity index is 762. The predicted octanol–water partition coefficient (Wildman–Crippen LogP) is 2.79. The monoisotopic (exact) mass is 294 g/mol. The van der Waals surface area contributed by atoms with Gasteiger partial charge in [0.1, 0.15) is 5.82 Å². The van der Waals surface area contributed by atoms with Crippen molar-refractivity contribution in [3.63, 3.8) is 0 Å². The third-order valence-electron chi connectivity index (χ3n) is 3.71. The van der Waals surface area contributed by atoms with Crippen LogP contribution in [0.15, 0.2) is 36.7 Å². The van der Waals surface area contributed by atoms with Gasteiger partial charge in [0.2, 0.25) is 5.91 Å². The standard InChI is InChI=1S/C17H18N4O/c1-19-9-15(8-18)12-4-5-13-7-16(20-10-14(13)6-12)21-17(22)11-2-3-11/h4-11,18-19H,2-3H2,1H3,(H,20,21,22)/b15-9+,18-8?. The van der Waals surface area contributed by atoms with E-state index in [0.717, 1.165) is 34.8 Å². The fraction of sp³-hybridized carbons (Fsp3) is 0.235. The number of amides is 1. The van der Waals surface area contributed by atoms with Gasteiger partial charge < -0.3 is 16.0 Å². The first-order valence-corrected chi connectivity index (χ1v) is 7.30. The summed E-state index contributed by atoms with van der Waals surface area (Å²) in [5.74, 6) is 0.823. The van der Waals surface area contributed by atoms with E-state index in [1.807, 2.05) is 24.3 Å². The molecule has 0 atom stereocenters. The minimum atomic E-state index is 0.0616. The summed E-state index contributed by atoms with van der Waals surface area (Å²) < 4.78 is 0. The van der Waals surface area contributed by atoms with Gasteiger partial charge in [-0.05, 0) is 35.9 Å². The van der Waals surface area contributed by atoms with Crippen LogP contribution in [0.5, 0.6) is 0 Å². The fourth-order valence-corrected chi connectivity index (χ4v) is 2.33. The van der Waals surface area contributed by atoms with Crippen molar-refractivity contribution in [2.75, 3.05) is 12.4 Å². The zero-order chi connectivity index (χ0) is 15.5. The van der Waals surface area contributed by atoms with Crippen molar-refractivity contribution in [3.8, 4) is 0 Å². The van der Waals surface area contributed by atoms with Crippen molar-refractivity contribution in [1.82, 2.24) is 10.3 Å². The minimum absolute atomic E-state index is 0.0616. The van der Waals surface area contributed by atoms with Gasteiger partial charge in [0.05, 0.1) is 0 Å². The van der Waals surface area contributed by atoms with Gasteiger partial charge in [-0.25, -0.2) is 4.98 Å². The maximum Gasteiger partial charge on any atom is 0.228 e. The van der Waals surface area contributed by atoms with Gasteiger partial charge in [-0.2, -0.15) is 0 Å². The predicted molar refractivity (Wildman–Crippen MR) is 88.9 cm³/mol. The highest BCUT2D eigenvalue weighted by atomic mass is 16.2. The number of carbonyl (C=O) groups is 1. The lowest BCUT2D eigenvalue weighted by Crippen LogP contribution is -2.14. The Morgan fingerprint density at radius 2 is 2.14 bits per heavy atom. The smallest absolute Gasteiger partial charge is 0.228 e. The Balaban J connectivity index is 1.89. The molecular weight excluding hydrogens is 276 g/mol. The molecule has 112 valence electrons. The van der Waals surface area contributed by atoms with E-state index < -0.39 is 0 Å². The summed E-state index contributed by atoms with van der Waals surface area (Å²) >= 11 is 0. The van der Waals surface area contributed by atoms with E-state index in [-0.39, 0.29) is 11.8 Å². The number of rotatable bonds is 5. The molecule has 1 saturated carbocycles. The summed E-state index contributed by atoms with van der Waals surface area (Å²) in [7, 11) is 1.81. The zero-order valence-corrected chi connectivity index (χ0v) is 12.4. The van der Waals surface area contributed by atoms with Crippen molar-refractivity contribution < 1.29 is 4.79 Å². The number of nitrogens with zero attached hydrogens (tertiary/aromatic N) is 1. The lowest BCUT2D eigenvalue weighted by atomic mass is 10.0. The summed E-state index contributed by atoms with van der Waals surface area (Å²) in [4.78, 5) is 16.1. The number of carbonyl (C=O) groups excluding carboxylic acids is 1. The van der Waals surface area contributed by atoms with E-state index in [4.69, 9.17) is 5.41 Å². The lowest BCUT2D eigenvalue weighted by molar-refractivity contribution is -0.117. The number of allylic oxidation sites excluding steroid dienone is 1. The van der Waals surface area contributed by atoms with Crippen LogP contribution >= 0.6 is 0 Å². The van der Waals surface area contributed by atoms with Crippen LogP contribution in [0.3, 0.4) is 0 Å². The molecule has 0 unspecified atom stereocenters. The van der Waals surface area contributed by atoms with Gasteiger partial charge in [-0.1, -0.05) is 12.1 Å². The highest BCUT2D eigenvalue weighted by molar-refractivity contribution is 6.09. The maximum absolute atomic E-state index is 11.8. The van der Waals surface area contributed by atoms with E-state index in [1.54, 1.807) is 19.4 Å². The van der Waals surface area contributed by atoms with E-state index in [1.165, 1.54) is 6.21 Å². The van der Waals surface area contributed by atoms with E-state index in [2.05, 4.69) is 15.6 Å². The summed E-state index contributed by atoms with van der Waals surface area (Å²) in [5.41, 5.74) is 1.75. The summed E-state index contributed by atoms with van der Waals surface area (Å²) in [5, 5.41) is 15.3. The van der Waals surface area contributed by atoms with Crippen molar-refractivity contribution in [2.45, 2.75) is 12.8 Å². The maximum atomic E-state index is 11.8. The number of benzene rings is 1. The Kier molecular flexibility index (Phi) is 3.87. The Hall–Kier alpha value is -2.69. The van der Waals surface area contributed by atoms with E-state index in [9.17, 15) is 4.79 Å². The highest BCUT2D eigenvalue weighted by Gasteiger charge is 2.29. The van der Waals surface area contributed by atoms with Crippen LogP contribution < -0.4 is 10.6 Å². The second-order valence-corrected chi connectivity index (χ2v) is 5.43. The van der Waals surface area contributed by atoms with E-state index in [0.29, 0.717) is 5.82 Å². The number of nitrogens with one attached hydrogen (secondary N) is 3. The molecule has 0 radical (unpaired) electrons. The zero-order valence-electron chi connectivity index (χ0n) is 12.4. The number of anilines is 1. The average molecular weight is 294 g/mol. The normalized spacial score (nSPS) is 14.7. The molecular formula is C17H18N4O. The van der Waals surface area contributed by atoms with Crippen molar-refractivity contribution in [2.24, 2.45) is 5.92 Å². The molecule has 1 aliphatic rings. The second kappa shape index (κ2) is 5.97. The van der Waals surface area contributed by atoms with Gasteiger partial charge in [0, 0.05) is 42.5 Å². The quantitative estimate of drug-likeness (QED) is 0.742. The first-order valence-electron chi connectivity index (χ1n) is 7.30. The topological polar surface area (TPSA) is 77.9 Å². The van der Waals surface area contributed by atoms with Gasteiger partial charge in [0.25, 0.3) is 0 Å². The van der Waals surface area contributed by atoms with Gasteiger partial charge in [0.15, 0.2) is 0 Å². The first kappa shape index (κ1) is 14.3. The number of fused-ring (bicyclic) bond motifs is 1. The molecule has 1 fully saturated rings. The minimum Gasteiger partial charge on any atom is -0.393 e. The Morgan fingerprint density at radius 3 is 2.82 bits per heavy atom. The molecule has 5 nitrogen and oxygen atoms in total. The molecule has 22 heavy (non-hydrogen) atoms. The van der Waals surface area contributed by atoms with Crippen LogP contribution in [0.25, 0.3) is 16.3 Å². The van der Waals surface area contributed by atoms with Gasteiger partial charge in [-0.15, -0.1) is 0 Å². The van der Waals surface area contributed by atoms with Crippen LogP contribution in [0, 0.1) is 11.3 Å². The molecule has 1 aromatic heterocycles. The summed E-state index contributed by atoms with van der Waals surface area (Å²) in [6, 6.07) is 7.81. The summed E-state index contributed by atoms with van der Waals surface area (Å²) in [6.45, 7) is 0. The van der Waals surface area contributed by atoms with Gasteiger partial charge >= 0.3 is 0 Å². The molecule has 3 rings (SSSR count). The highest BCUT2D eigenvalue weighted by Crippen LogP contribution is 2.30. The SMILES string of the molecule is CN/C=C(\C=N)c1ccc2cc(NC(=O)C3CC3)ncc2c1. The van der Waals surface area contributed by atoms with Crippen molar-refractivity contribution >= 4 is 34.3 Å². The largest absolute Gasteiger partial charge is 0.393 e. The fourth-order valence-electron chi connectivity index (χ4n) is 2.33. The molecule has 0 bridgehead atoms. The molecule has 0 saturated heterocycles. The molecule has 1 aliphatic carbocycles. The molecule has 3 N–H and O–H groups in total. The molecule has 1 amide bonds. The number of aromatic nitrogens is 1. The molecule has 5 heteroatoms. The Labute approximate surface area is 129 Å². The second-order valence-electron chi connectivity index (χ2n) is 5.43. The van der Waals surface area contributed by atoms with Crippen LogP contribution in [-0.4, -0.2) is 24.2 Å². The Morgan fingerprint density at radius 1 is 1.32 bits per heavy atom. The van der Waals surface area contributed by atoms with Crippen LogP contribution in [0.4, 0.5) is 5.82 Å². The van der Waals surface area contributed by atoms with Crippen LogP contribution in [0.2, 0.25) is 0 Å². The van der Waals surface area contributed by atoms with Crippen LogP contribution in [0.1, 0.15) is 18.4 Å². The van der Waals surface area contributed by atoms with Crippen molar-refractivity contribution in [3.05, 3.63) is 42.2 Å². The third-order valence-corrected chi connectivity index (χ3v) is 3.71. The number of hydrogen-bond acceptors (Lipinski definition) is 4. The number of pyridine rings is 1. The van der Waals surface area contributed by atoms with Crippen LogP contribution in [-0.2, 0) is 4.79 Å². The molecule has 0 spiro atoms. The molecule has 1 heterocycles. The number of hydrogen-bond donors (Lipinski definition) is 3. The average Bonchev–Trinajstić information content (AvgIpc) is 3.37. The summed E-state index contributed by atoms with van der Waals surface area (Å²) in [6.07, 6.45) is 6.81. The molecule has 2 aromatic rings. The lowest BCUT2D eigenvalue weighted by Gasteiger charge is -2.07. The van der Waals surface area contributed by atoms with Crippen molar-refractivity contribution in [1.29, 1.82) is 5.41 Å². The molecule has 1 aromatic carbocycles. The van der Waals surface area contributed by atoms with E-state index >= 15 is 0 Å². The molecule has 0 aliphatic heterocycles.